The zero-order chi connectivity index (χ0) is 6.69. The first-order valence-electron chi connectivity index (χ1n) is 2.60. The van der Waals surface area contributed by atoms with Crippen molar-refractivity contribution in [3.05, 3.63) is 17.5 Å². The van der Waals surface area contributed by atoms with Crippen LogP contribution in [0, 0.1) is 0 Å². The predicted octanol–water partition coefficient (Wildman–Crippen LogP) is 0.913. The van der Waals surface area contributed by atoms with Gasteiger partial charge in [-0.3, -0.25) is 4.79 Å². The summed E-state index contributed by atoms with van der Waals surface area (Å²) in [4.78, 5) is 10.5. The van der Waals surface area contributed by atoms with Gasteiger partial charge in [-0.15, -0.1) is 11.3 Å². The zero-order valence-electron chi connectivity index (χ0n) is 5.05. The highest BCUT2D eigenvalue weighted by Gasteiger charge is 1.92. The van der Waals surface area contributed by atoms with Gasteiger partial charge in [-0.1, -0.05) is 0 Å². The van der Waals surface area contributed by atoms with Crippen LogP contribution >= 0.6 is 11.3 Å². The van der Waals surface area contributed by atoms with E-state index in [0.29, 0.717) is 16.3 Å². The van der Waals surface area contributed by atoms with Crippen molar-refractivity contribution in [1.29, 1.82) is 0 Å². The smallest absolute Gasteiger partial charge is 0.335 e. The van der Waals surface area contributed by atoms with E-state index in [9.17, 15) is 4.79 Å². The molecule has 0 bridgehead atoms. The SMILES string of the molecule is O=[C]([AlH2])Nc1cccs1. The molecule has 1 amide bonds. The summed E-state index contributed by atoms with van der Waals surface area (Å²) in [5, 5.41) is 5.60. The van der Waals surface area contributed by atoms with Crippen molar-refractivity contribution in [2.45, 2.75) is 0 Å². The Balaban J connectivity index is 2.58. The average Bonchev–Trinajstić information content (AvgIpc) is 2.15. The van der Waals surface area contributed by atoms with Crippen molar-refractivity contribution in [3.8, 4) is 0 Å². The normalized spacial score (nSPS) is 8.89. The minimum atomic E-state index is 0.123. The molecule has 4 heteroatoms. The van der Waals surface area contributed by atoms with Gasteiger partial charge in [0.05, 0.1) is 5.00 Å². The van der Waals surface area contributed by atoms with E-state index in [0.717, 1.165) is 5.00 Å². The summed E-state index contributed by atoms with van der Waals surface area (Å²) < 4.78 is 0.123. The lowest BCUT2D eigenvalue weighted by Crippen LogP contribution is -2.06. The van der Waals surface area contributed by atoms with Crippen LogP contribution < -0.4 is 5.32 Å². The number of nitrogens with one attached hydrogen (secondary N) is 1. The standard InChI is InChI=1S/C5H4NOS.Al.2H/c7-4-6-5-2-1-3-8-5;;;/h1-3H,(H,6,7);;;. The summed E-state index contributed by atoms with van der Waals surface area (Å²) in [6, 6.07) is 3.80. The van der Waals surface area contributed by atoms with Crippen LogP contribution in [0.1, 0.15) is 0 Å². The van der Waals surface area contributed by atoms with E-state index < -0.39 is 0 Å². The highest BCUT2D eigenvalue weighted by atomic mass is 32.1. The molecule has 0 unspecified atom stereocenters. The number of hydrogen-bond donors (Lipinski definition) is 1. The maximum Gasteiger partial charge on any atom is 0.355 e. The maximum atomic E-state index is 10.5. The van der Waals surface area contributed by atoms with E-state index in [1.54, 1.807) is 11.3 Å². The maximum absolute atomic E-state index is 10.5. The van der Waals surface area contributed by atoms with Gasteiger partial charge in [0.25, 0.3) is 0 Å². The molecule has 0 aliphatic carbocycles. The third-order valence-corrected chi connectivity index (χ3v) is 1.86. The fraction of sp³-hybridized carbons (Fsp3) is 0. The van der Waals surface area contributed by atoms with Gasteiger partial charge in [0, 0.05) is 0 Å². The number of amides is 1. The molecule has 0 aliphatic rings. The Labute approximate surface area is 65.3 Å². The molecule has 1 N–H and O–H groups in total. The van der Waals surface area contributed by atoms with E-state index in [4.69, 9.17) is 0 Å². The molecule has 0 radical (unpaired) electrons. The van der Waals surface area contributed by atoms with Crippen molar-refractivity contribution in [2.24, 2.45) is 0 Å². The van der Waals surface area contributed by atoms with Gasteiger partial charge in [0.1, 0.15) is 4.77 Å². The van der Waals surface area contributed by atoms with Gasteiger partial charge in [-0.2, -0.15) is 0 Å². The van der Waals surface area contributed by atoms with Crippen LogP contribution in [-0.4, -0.2) is 21.1 Å². The van der Waals surface area contributed by atoms with Crippen molar-refractivity contribution in [3.63, 3.8) is 0 Å². The van der Waals surface area contributed by atoms with Crippen LogP contribution in [0.15, 0.2) is 17.5 Å². The van der Waals surface area contributed by atoms with Gasteiger partial charge < -0.3 is 5.32 Å². The summed E-state index contributed by atoms with van der Waals surface area (Å²) in [5.41, 5.74) is 0. The second-order valence-electron chi connectivity index (χ2n) is 1.66. The number of anilines is 1. The van der Waals surface area contributed by atoms with Crippen LogP contribution in [0.3, 0.4) is 0 Å². The molecule has 1 aromatic heterocycles. The molecule has 0 atom stereocenters. The van der Waals surface area contributed by atoms with Crippen LogP contribution in [-0.2, 0) is 0 Å². The first-order chi connectivity index (χ1) is 4.29. The van der Waals surface area contributed by atoms with E-state index in [2.05, 4.69) is 5.32 Å². The first-order valence-corrected chi connectivity index (χ1v) is 4.48. The highest BCUT2D eigenvalue weighted by Crippen LogP contribution is 2.13. The number of rotatable bonds is 1. The molecule has 1 heterocycles. The molecule has 0 saturated carbocycles. The van der Waals surface area contributed by atoms with Gasteiger partial charge in [0.15, 0.2) is 0 Å². The molecule has 1 rings (SSSR count). The molecule has 2 nitrogen and oxygen atoms in total. The summed E-state index contributed by atoms with van der Waals surface area (Å²) in [6.07, 6.45) is 0. The number of carbonyl (C=O) groups excluding carboxylic acids is 1. The summed E-state index contributed by atoms with van der Waals surface area (Å²) in [5.74, 6) is 0. The highest BCUT2D eigenvalue weighted by molar-refractivity contribution is 7.14. The third-order valence-electron chi connectivity index (χ3n) is 0.820. The van der Waals surface area contributed by atoms with Crippen LogP contribution in [0.5, 0.6) is 0 Å². The van der Waals surface area contributed by atoms with Crippen molar-refractivity contribution in [2.75, 3.05) is 5.32 Å². The van der Waals surface area contributed by atoms with E-state index in [1.807, 2.05) is 17.5 Å². The molecule has 1 aromatic rings. The average molecular weight is 155 g/mol. The quantitative estimate of drug-likeness (QED) is 0.600. The van der Waals surface area contributed by atoms with E-state index >= 15 is 0 Å². The lowest BCUT2D eigenvalue weighted by atomic mass is 10.6. The number of carbonyl (C=O) groups is 1. The minimum Gasteiger partial charge on any atom is -0.335 e. The van der Waals surface area contributed by atoms with Crippen LogP contribution in [0.2, 0.25) is 0 Å². The minimum absolute atomic E-state index is 0.123. The van der Waals surface area contributed by atoms with Gasteiger partial charge >= 0.3 is 16.3 Å². The Morgan fingerprint density at radius 2 is 2.56 bits per heavy atom. The monoisotopic (exact) mass is 155 g/mol. The molecule has 0 fully saturated rings. The molecule has 9 heavy (non-hydrogen) atoms. The third kappa shape index (κ3) is 2.19. The second kappa shape index (κ2) is 3.02. The Kier molecular flexibility index (Phi) is 2.29. The summed E-state index contributed by atoms with van der Waals surface area (Å²) in [7, 11) is 0. The van der Waals surface area contributed by atoms with Crippen molar-refractivity contribution >= 4 is 37.4 Å². The molecule has 0 aromatic carbocycles. The molecule has 0 saturated heterocycles. The van der Waals surface area contributed by atoms with E-state index in [-0.39, 0.29) is 4.77 Å². The Hall–Kier alpha value is -0.298. The Morgan fingerprint density at radius 1 is 1.78 bits per heavy atom. The fourth-order valence-corrected chi connectivity index (χ4v) is 1.64. The Bertz CT molecular complexity index is 197. The predicted molar refractivity (Wildman–Crippen MR) is 41.9 cm³/mol. The fourth-order valence-electron chi connectivity index (χ4n) is 0.523. The van der Waals surface area contributed by atoms with Crippen LogP contribution in [0.25, 0.3) is 0 Å². The first kappa shape index (κ1) is 6.82. The van der Waals surface area contributed by atoms with Crippen LogP contribution in [0.4, 0.5) is 9.80 Å². The summed E-state index contributed by atoms with van der Waals surface area (Å²) >= 11 is 2.11. The molecule has 0 spiro atoms. The lowest BCUT2D eigenvalue weighted by molar-refractivity contribution is 0.269. The van der Waals surface area contributed by atoms with Gasteiger partial charge in [-0.05, 0) is 17.5 Å². The topological polar surface area (TPSA) is 29.1 Å². The van der Waals surface area contributed by atoms with Gasteiger partial charge in [0.2, 0.25) is 0 Å². The molecule has 0 aliphatic heterocycles. The van der Waals surface area contributed by atoms with Crippen molar-refractivity contribution < 1.29 is 4.79 Å². The molecule has 46 valence electrons. The summed E-state index contributed by atoms with van der Waals surface area (Å²) in [6.45, 7) is 0. The van der Waals surface area contributed by atoms with Gasteiger partial charge in [-0.25, -0.2) is 0 Å². The zero-order valence-corrected chi connectivity index (χ0v) is 7.87. The molecular weight excluding hydrogens is 149 g/mol. The number of thiophene rings is 1. The van der Waals surface area contributed by atoms with Crippen molar-refractivity contribution in [1.82, 2.24) is 0 Å². The largest absolute Gasteiger partial charge is 0.355 e. The second-order valence-corrected chi connectivity index (χ2v) is 3.51. The Morgan fingerprint density at radius 3 is 3.00 bits per heavy atom. The molecular formula is C5H6AlNOS. The lowest BCUT2D eigenvalue weighted by Gasteiger charge is -1.93. The van der Waals surface area contributed by atoms with E-state index in [1.165, 1.54) is 0 Å². The number of hydrogen-bond acceptors (Lipinski definition) is 2.